The zero-order chi connectivity index (χ0) is 15.3. The molecule has 0 radical (unpaired) electrons. The van der Waals surface area contributed by atoms with Crippen LogP contribution in [-0.2, 0) is 15.0 Å². The van der Waals surface area contributed by atoms with Crippen molar-refractivity contribution in [3.63, 3.8) is 0 Å². The minimum absolute atomic E-state index is 0.0136. The minimum Gasteiger partial charge on any atom is -0.497 e. The second kappa shape index (κ2) is 4.73. The molecule has 1 atom stereocenters. The van der Waals surface area contributed by atoms with Gasteiger partial charge in [0.15, 0.2) is 0 Å². The number of amides is 2. The first-order chi connectivity index (χ1) is 10.6. The number of benzene rings is 1. The third-order valence-corrected chi connectivity index (χ3v) is 5.46. The van der Waals surface area contributed by atoms with Crippen LogP contribution in [0.15, 0.2) is 18.2 Å². The number of ether oxygens (including phenoxy) is 1. The van der Waals surface area contributed by atoms with Gasteiger partial charge < -0.3 is 15.0 Å². The molecule has 2 fully saturated rings. The van der Waals surface area contributed by atoms with E-state index in [1.165, 1.54) is 0 Å². The van der Waals surface area contributed by atoms with E-state index in [0.717, 1.165) is 36.3 Å². The van der Waals surface area contributed by atoms with E-state index in [0.29, 0.717) is 19.5 Å². The molecule has 2 amide bonds. The second-order valence-electron chi connectivity index (χ2n) is 6.59. The van der Waals surface area contributed by atoms with Gasteiger partial charge in [0, 0.05) is 24.7 Å². The van der Waals surface area contributed by atoms with Gasteiger partial charge in [-0.1, -0.05) is 6.42 Å². The molecule has 1 N–H and O–H groups in total. The number of methoxy groups -OCH3 is 1. The van der Waals surface area contributed by atoms with E-state index >= 15 is 0 Å². The highest BCUT2D eigenvalue weighted by Gasteiger charge is 2.52. The lowest BCUT2D eigenvalue weighted by Crippen LogP contribution is -2.42. The van der Waals surface area contributed by atoms with Gasteiger partial charge in [-0.15, -0.1) is 0 Å². The summed E-state index contributed by atoms with van der Waals surface area (Å²) < 4.78 is 5.30. The van der Waals surface area contributed by atoms with Crippen LogP contribution in [0.1, 0.15) is 31.2 Å². The van der Waals surface area contributed by atoms with Crippen molar-refractivity contribution in [3.8, 4) is 5.75 Å². The Morgan fingerprint density at radius 3 is 2.91 bits per heavy atom. The lowest BCUT2D eigenvalue weighted by Gasteiger charge is -2.30. The Labute approximate surface area is 129 Å². The van der Waals surface area contributed by atoms with Crippen molar-refractivity contribution in [1.82, 2.24) is 4.90 Å². The van der Waals surface area contributed by atoms with E-state index < -0.39 is 5.41 Å². The van der Waals surface area contributed by atoms with Crippen LogP contribution < -0.4 is 10.1 Å². The molecule has 0 aromatic heterocycles. The Kier molecular flexibility index (Phi) is 2.93. The van der Waals surface area contributed by atoms with Gasteiger partial charge in [-0.3, -0.25) is 9.59 Å². The maximum absolute atomic E-state index is 12.6. The largest absolute Gasteiger partial charge is 0.497 e. The molecule has 2 aliphatic heterocycles. The number of hydrogen-bond acceptors (Lipinski definition) is 3. The van der Waals surface area contributed by atoms with Crippen molar-refractivity contribution in [2.24, 2.45) is 5.92 Å². The molecule has 116 valence electrons. The molecule has 5 nitrogen and oxygen atoms in total. The number of fused-ring (bicyclic) bond motifs is 2. The van der Waals surface area contributed by atoms with E-state index in [-0.39, 0.29) is 17.7 Å². The van der Waals surface area contributed by atoms with E-state index in [2.05, 4.69) is 5.32 Å². The third kappa shape index (κ3) is 1.77. The van der Waals surface area contributed by atoms with Gasteiger partial charge in [0.05, 0.1) is 12.5 Å². The number of carbonyl (C=O) groups excluding carboxylic acids is 2. The van der Waals surface area contributed by atoms with Gasteiger partial charge in [-0.2, -0.15) is 0 Å². The zero-order valence-corrected chi connectivity index (χ0v) is 12.7. The first kappa shape index (κ1) is 13.6. The number of nitrogens with one attached hydrogen (secondary N) is 1. The fraction of sp³-hybridized carbons (Fsp3) is 0.529. The SMILES string of the molecule is COc1ccc2c(c1)C1(CCN(C(=O)C3CCC3)C1)C(=O)N2. The van der Waals surface area contributed by atoms with Crippen molar-refractivity contribution in [2.45, 2.75) is 31.1 Å². The molecule has 1 aromatic rings. The van der Waals surface area contributed by atoms with Gasteiger partial charge in [-0.25, -0.2) is 0 Å². The summed E-state index contributed by atoms with van der Waals surface area (Å²) in [7, 11) is 1.62. The molecule has 1 aromatic carbocycles. The molecule has 5 heteroatoms. The molecule has 1 saturated heterocycles. The van der Waals surface area contributed by atoms with Gasteiger partial charge >= 0.3 is 0 Å². The summed E-state index contributed by atoms with van der Waals surface area (Å²) in [6.07, 6.45) is 3.84. The smallest absolute Gasteiger partial charge is 0.237 e. The summed E-state index contributed by atoms with van der Waals surface area (Å²) in [5.41, 5.74) is 1.23. The van der Waals surface area contributed by atoms with Crippen LogP contribution in [-0.4, -0.2) is 36.9 Å². The Bertz CT molecular complexity index is 653. The third-order valence-electron chi connectivity index (χ3n) is 5.46. The van der Waals surface area contributed by atoms with Gasteiger partial charge in [-0.05, 0) is 43.0 Å². The number of hydrogen-bond donors (Lipinski definition) is 1. The zero-order valence-electron chi connectivity index (χ0n) is 12.7. The van der Waals surface area contributed by atoms with Gasteiger partial charge in [0.2, 0.25) is 11.8 Å². The molecule has 1 aliphatic carbocycles. The Morgan fingerprint density at radius 1 is 1.41 bits per heavy atom. The van der Waals surface area contributed by atoms with E-state index in [1.54, 1.807) is 7.11 Å². The molecule has 1 saturated carbocycles. The van der Waals surface area contributed by atoms with Crippen LogP contribution in [0.3, 0.4) is 0 Å². The summed E-state index contributed by atoms with van der Waals surface area (Å²) >= 11 is 0. The van der Waals surface area contributed by atoms with Crippen LogP contribution >= 0.6 is 0 Å². The van der Waals surface area contributed by atoms with Gasteiger partial charge in [0.1, 0.15) is 5.75 Å². The number of nitrogens with zero attached hydrogens (tertiary/aromatic N) is 1. The predicted molar refractivity (Wildman–Crippen MR) is 81.8 cm³/mol. The summed E-state index contributed by atoms with van der Waals surface area (Å²) in [5, 5.41) is 2.97. The molecule has 1 spiro atoms. The maximum Gasteiger partial charge on any atom is 0.237 e. The molecule has 4 rings (SSSR count). The molecule has 1 unspecified atom stereocenters. The minimum atomic E-state index is -0.594. The molecule has 22 heavy (non-hydrogen) atoms. The predicted octanol–water partition coefficient (Wildman–Crippen LogP) is 1.92. The standard InChI is InChI=1S/C17H20N2O3/c1-22-12-5-6-14-13(9-12)17(16(21)18-14)7-8-19(10-17)15(20)11-3-2-4-11/h5-6,9,11H,2-4,7-8,10H2,1H3,(H,18,21). The fourth-order valence-corrected chi connectivity index (χ4v) is 3.84. The summed E-state index contributed by atoms with van der Waals surface area (Å²) in [4.78, 5) is 27.0. The summed E-state index contributed by atoms with van der Waals surface area (Å²) in [5.74, 6) is 1.18. The lowest BCUT2D eigenvalue weighted by atomic mass is 9.80. The van der Waals surface area contributed by atoms with Crippen LogP contribution in [0.25, 0.3) is 0 Å². The van der Waals surface area contributed by atoms with Crippen LogP contribution in [0.4, 0.5) is 5.69 Å². The first-order valence-electron chi connectivity index (χ1n) is 7.93. The average molecular weight is 300 g/mol. The normalized spacial score (nSPS) is 26.8. The van der Waals surface area contributed by atoms with Crippen molar-refractivity contribution in [1.29, 1.82) is 0 Å². The number of anilines is 1. The molecule has 3 aliphatic rings. The number of likely N-dealkylation sites (tertiary alicyclic amines) is 1. The monoisotopic (exact) mass is 300 g/mol. The Hall–Kier alpha value is -2.04. The number of rotatable bonds is 2. The van der Waals surface area contributed by atoms with Crippen LogP contribution in [0.5, 0.6) is 5.75 Å². The maximum atomic E-state index is 12.6. The Morgan fingerprint density at radius 2 is 2.23 bits per heavy atom. The first-order valence-corrected chi connectivity index (χ1v) is 7.93. The van der Waals surface area contributed by atoms with Crippen LogP contribution in [0, 0.1) is 5.92 Å². The van der Waals surface area contributed by atoms with Crippen LogP contribution in [0.2, 0.25) is 0 Å². The molecule has 0 bridgehead atoms. The molecular formula is C17H20N2O3. The summed E-state index contributed by atoms with van der Waals surface area (Å²) in [6.45, 7) is 1.16. The van der Waals surface area contributed by atoms with Crippen molar-refractivity contribution in [3.05, 3.63) is 23.8 Å². The van der Waals surface area contributed by atoms with E-state index in [1.807, 2.05) is 23.1 Å². The van der Waals surface area contributed by atoms with E-state index in [4.69, 9.17) is 4.74 Å². The molecular weight excluding hydrogens is 280 g/mol. The average Bonchev–Trinajstić information content (AvgIpc) is 3.02. The van der Waals surface area contributed by atoms with Crippen molar-refractivity contribution >= 4 is 17.5 Å². The van der Waals surface area contributed by atoms with Crippen molar-refractivity contribution < 1.29 is 14.3 Å². The highest BCUT2D eigenvalue weighted by molar-refractivity contribution is 6.07. The lowest BCUT2D eigenvalue weighted by molar-refractivity contribution is -0.137. The summed E-state index contributed by atoms with van der Waals surface area (Å²) in [6, 6.07) is 5.67. The Balaban J connectivity index is 1.65. The highest BCUT2D eigenvalue weighted by Crippen LogP contribution is 2.46. The highest BCUT2D eigenvalue weighted by atomic mass is 16.5. The second-order valence-corrected chi connectivity index (χ2v) is 6.59. The van der Waals surface area contributed by atoms with Crippen molar-refractivity contribution in [2.75, 3.05) is 25.5 Å². The quantitative estimate of drug-likeness (QED) is 0.908. The molecule has 2 heterocycles. The topological polar surface area (TPSA) is 58.6 Å². The van der Waals surface area contributed by atoms with Gasteiger partial charge in [0.25, 0.3) is 0 Å². The van der Waals surface area contributed by atoms with E-state index in [9.17, 15) is 9.59 Å². The fourth-order valence-electron chi connectivity index (χ4n) is 3.84. The number of carbonyl (C=O) groups is 2.